The van der Waals surface area contributed by atoms with Gasteiger partial charge in [0.05, 0.1) is 26.0 Å². The highest BCUT2D eigenvalue weighted by atomic mass is 16.7. The number of nitrogens with zero attached hydrogens (tertiary/aromatic N) is 3. The Hall–Kier alpha value is -1.51. The summed E-state index contributed by atoms with van der Waals surface area (Å²) < 4.78 is 6.21. The molecule has 1 aromatic rings. The van der Waals surface area contributed by atoms with Crippen LogP contribution in [0, 0.1) is 0 Å². The average Bonchev–Trinajstić information content (AvgIpc) is 2.72. The van der Waals surface area contributed by atoms with Crippen molar-refractivity contribution >= 4 is 5.97 Å². The molecule has 8 heteroatoms. The van der Waals surface area contributed by atoms with Crippen LogP contribution in [0.1, 0.15) is 10.5 Å². The van der Waals surface area contributed by atoms with Crippen LogP contribution in [0.5, 0.6) is 0 Å². The van der Waals surface area contributed by atoms with Crippen molar-refractivity contribution in [3.63, 3.8) is 0 Å². The number of rotatable bonds is 8. The molecule has 0 aliphatic rings. The highest BCUT2D eigenvalue weighted by Crippen LogP contribution is 1.91. The lowest BCUT2D eigenvalue weighted by Gasteiger charge is -2.04. The topological polar surface area (TPSA) is 98.5 Å². The lowest BCUT2D eigenvalue weighted by molar-refractivity contribution is 0.00539. The van der Waals surface area contributed by atoms with Crippen LogP contribution in [-0.4, -0.2) is 52.9 Å². The minimum absolute atomic E-state index is 0.0692. The van der Waals surface area contributed by atoms with Crippen LogP contribution in [0.15, 0.2) is 6.20 Å². The zero-order valence-electron chi connectivity index (χ0n) is 8.92. The number of hydrogen-bond acceptors (Lipinski definition) is 6. The van der Waals surface area contributed by atoms with Crippen molar-refractivity contribution in [1.29, 1.82) is 0 Å². The Morgan fingerprint density at radius 1 is 1.62 bits per heavy atom. The van der Waals surface area contributed by atoms with Crippen LogP contribution in [0.4, 0.5) is 0 Å². The van der Waals surface area contributed by atoms with Gasteiger partial charge in [-0.15, -0.1) is 5.10 Å². The van der Waals surface area contributed by atoms with Crippen LogP contribution in [-0.2, 0) is 16.1 Å². The molecule has 0 unspecified atom stereocenters. The Balaban J connectivity index is 2.14. The Kier molecular flexibility index (Phi) is 5.40. The smallest absolute Gasteiger partial charge is 0.358 e. The molecule has 1 aromatic heterocycles. The van der Waals surface area contributed by atoms with Gasteiger partial charge >= 0.3 is 5.97 Å². The van der Waals surface area contributed by atoms with E-state index in [2.05, 4.69) is 15.8 Å². The molecule has 0 aromatic carbocycles. The lowest BCUT2D eigenvalue weighted by Crippen LogP contribution is -2.22. The maximum Gasteiger partial charge on any atom is 0.358 e. The van der Waals surface area contributed by atoms with E-state index in [0.29, 0.717) is 26.3 Å². The van der Waals surface area contributed by atoms with Crippen molar-refractivity contribution in [3.8, 4) is 0 Å². The number of carbonyl (C=O) groups is 1. The number of carboxylic acid groups (broad SMARTS) is 1. The molecule has 2 N–H and O–H groups in total. The zero-order valence-corrected chi connectivity index (χ0v) is 8.92. The third-order valence-corrected chi connectivity index (χ3v) is 1.69. The Morgan fingerprint density at radius 3 is 3.06 bits per heavy atom. The van der Waals surface area contributed by atoms with Gasteiger partial charge in [0.2, 0.25) is 0 Å². The van der Waals surface area contributed by atoms with E-state index in [1.54, 1.807) is 7.11 Å². The van der Waals surface area contributed by atoms with Crippen LogP contribution in [0.25, 0.3) is 0 Å². The summed E-state index contributed by atoms with van der Waals surface area (Å²) in [4.78, 5) is 15.5. The molecule has 0 aliphatic heterocycles. The zero-order chi connectivity index (χ0) is 11.8. The second-order valence-electron chi connectivity index (χ2n) is 2.91. The fourth-order valence-electron chi connectivity index (χ4n) is 0.935. The predicted molar refractivity (Wildman–Crippen MR) is 52.8 cm³/mol. The van der Waals surface area contributed by atoms with Gasteiger partial charge in [-0.2, -0.15) is 0 Å². The molecule has 90 valence electrons. The highest BCUT2D eigenvalue weighted by molar-refractivity contribution is 5.84. The van der Waals surface area contributed by atoms with E-state index in [1.807, 2.05) is 0 Å². The monoisotopic (exact) mass is 230 g/mol. The summed E-state index contributed by atoms with van der Waals surface area (Å²) in [6.45, 7) is 1.95. The van der Waals surface area contributed by atoms with Gasteiger partial charge in [-0.1, -0.05) is 5.21 Å². The first-order chi connectivity index (χ1) is 7.74. The molecule has 1 rings (SSSR count). The summed E-state index contributed by atoms with van der Waals surface area (Å²) in [6.07, 6.45) is 1.36. The molecule has 0 atom stereocenters. The summed E-state index contributed by atoms with van der Waals surface area (Å²) in [6, 6.07) is 0. The summed E-state index contributed by atoms with van der Waals surface area (Å²) in [5.74, 6) is -1.09. The first kappa shape index (κ1) is 12.6. The van der Waals surface area contributed by atoms with Gasteiger partial charge in [0.25, 0.3) is 0 Å². The molecule has 8 nitrogen and oxygen atoms in total. The van der Waals surface area contributed by atoms with E-state index in [1.165, 1.54) is 10.9 Å². The molecule has 0 fully saturated rings. The molecule has 0 spiro atoms. The number of methoxy groups -OCH3 is 1. The SMILES string of the molecule is COCCONCCn1cc(C(=O)O)nn1. The molecule has 1 heterocycles. The second-order valence-corrected chi connectivity index (χ2v) is 2.91. The summed E-state index contributed by atoms with van der Waals surface area (Å²) in [5.41, 5.74) is 2.62. The van der Waals surface area contributed by atoms with E-state index >= 15 is 0 Å². The van der Waals surface area contributed by atoms with Crippen LogP contribution < -0.4 is 5.48 Å². The molecule has 0 saturated heterocycles. The number of hydrogen-bond donors (Lipinski definition) is 2. The highest BCUT2D eigenvalue weighted by Gasteiger charge is 2.07. The van der Waals surface area contributed by atoms with E-state index in [4.69, 9.17) is 14.7 Å². The van der Waals surface area contributed by atoms with Gasteiger partial charge in [0, 0.05) is 13.7 Å². The molecular formula is C8H14N4O4. The van der Waals surface area contributed by atoms with Gasteiger partial charge < -0.3 is 9.84 Å². The molecule has 0 aliphatic carbocycles. The Bertz CT molecular complexity index is 328. The van der Waals surface area contributed by atoms with Crippen molar-refractivity contribution < 1.29 is 19.5 Å². The number of ether oxygens (including phenoxy) is 1. The maximum absolute atomic E-state index is 10.5. The maximum atomic E-state index is 10.5. The molecule has 0 saturated carbocycles. The first-order valence-electron chi connectivity index (χ1n) is 4.71. The normalized spacial score (nSPS) is 10.6. The van der Waals surface area contributed by atoms with Gasteiger partial charge in [-0.25, -0.2) is 10.3 Å². The standard InChI is InChI=1S/C8H14N4O4/c1-15-4-5-16-9-2-3-12-6-7(8(13)14)10-11-12/h6,9H,2-5H2,1H3,(H,13,14). The summed E-state index contributed by atoms with van der Waals surface area (Å²) in [5, 5.41) is 15.7. The number of aromatic nitrogens is 3. The van der Waals surface area contributed by atoms with E-state index < -0.39 is 5.97 Å². The van der Waals surface area contributed by atoms with Gasteiger partial charge in [-0.3, -0.25) is 9.52 Å². The van der Waals surface area contributed by atoms with Gasteiger partial charge in [0.1, 0.15) is 0 Å². The summed E-state index contributed by atoms with van der Waals surface area (Å²) in [7, 11) is 1.59. The van der Waals surface area contributed by atoms with Crippen molar-refractivity contribution in [2.75, 3.05) is 26.9 Å². The first-order valence-corrected chi connectivity index (χ1v) is 4.71. The molecule has 0 radical (unpaired) electrons. The minimum atomic E-state index is -1.09. The summed E-state index contributed by atoms with van der Waals surface area (Å²) >= 11 is 0. The van der Waals surface area contributed by atoms with Crippen molar-refractivity contribution in [2.45, 2.75) is 6.54 Å². The van der Waals surface area contributed by atoms with Gasteiger partial charge in [-0.05, 0) is 0 Å². The number of nitrogens with one attached hydrogen (secondary N) is 1. The Morgan fingerprint density at radius 2 is 2.44 bits per heavy atom. The molecule has 16 heavy (non-hydrogen) atoms. The molecular weight excluding hydrogens is 216 g/mol. The quantitative estimate of drug-likeness (QED) is 0.443. The van der Waals surface area contributed by atoms with Crippen LogP contribution in [0.2, 0.25) is 0 Å². The van der Waals surface area contributed by atoms with Crippen LogP contribution in [0.3, 0.4) is 0 Å². The average molecular weight is 230 g/mol. The number of hydroxylamine groups is 1. The predicted octanol–water partition coefficient (Wildman–Crippen LogP) is -0.856. The van der Waals surface area contributed by atoms with E-state index in [9.17, 15) is 4.79 Å². The van der Waals surface area contributed by atoms with Crippen LogP contribution >= 0.6 is 0 Å². The largest absolute Gasteiger partial charge is 0.476 e. The third-order valence-electron chi connectivity index (χ3n) is 1.69. The minimum Gasteiger partial charge on any atom is -0.476 e. The third kappa shape index (κ3) is 4.34. The number of aromatic carboxylic acids is 1. The van der Waals surface area contributed by atoms with Gasteiger partial charge in [0.15, 0.2) is 5.69 Å². The molecule has 0 amide bonds. The van der Waals surface area contributed by atoms with Crippen molar-refractivity contribution in [1.82, 2.24) is 20.5 Å². The number of carboxylic acids is 1. The second kappa shape index (κ2) is 6.88. The van der Waals surface area contributed by atoms with E-state index in [-0.39, 0.29) is 5.69 Å². The molecule has 0 bridgehead atoms. The lowest BCUT2D eigenvalue weighted by atomic mass is 10.5. The van der Waals surface area contributed by atoms with E-state index in [0.717, 1.165) is 0 Å². The Labute approximate surface area is 92.1 Å². The van der Waals surface area contributed by atoms with Crippen molar-refractivity contribution in [2.24, 2.45) is 0 Å². The fraction of sp³-hybridized carbons (Fsp3) is 0.625. The van der Waals surface area contributed by atoms with Crippen molar-refractivity contribution in [3.05, 3.63) is 11.9 Å². The fourth-order valence-corrected chi connectivity index (χ4v) is 0.935.